The quantitative estimate of drug-likeness (QED) is 0.497. The van der Waals surface area contributed by atoms with E-state index in [-0.39, 0.29) is 12.5 Å². The van der Waals surface area contributed by atoms with Crippen molar-refractivity contribution in [2.75, 3.05) is 23.7 Å². The number of aryl methyl sites for hydroxylation is 2. The van der Waals surface area contributed by atoms with Gasteiger partial charge in [-0.2, -0.15) is 0 Å². The first-order valence-electron chi connectivity index (χ1n) is 10.3. The number of hydrogen-bond donors (Lipinski definition) is 1. The molecule has 6 nitrogen and oxygen atoms in total. The van der Waals surface area contributed by atoms with Crippen molar-refractivity contribution in [1.29, 1.82) is 0 Å². The van der Waals surface area contributed by atoms with Crippen LogP contribution in [0.3, 0.4) is 0 Å². The number of nitrogens with one attached hydrogen (secondary N) is 1. The summed E-state index contributed by atoms with van der Waals surface area (Å²) in [5.41, 5.74) is 3.94. The largest absolute Gasteiger partial charge is 0.491 e. The zero-order chi connectivity index (χ0) is 23.1. The SMILES string of the molecule is Cc1ccccc1CN(c1ccc(C(=O)NCCOc2ccccc2C)cc1)S(C)(=O)=O. The molecule has 7 heteroatoms. The summed E-state index contributed by atoms with van der Waals surface area (Å²) in [7, 11) is -3.50. The van der Waals surface area contributed by atoms with Gasteiger partial charge in [-0.15, -0.1) is 0 Å². The van der Waals surface area contributed by atoms with Crippen LogP contribution in [0, 0.1) is 13.8 Å². The van der Waals surface area contributed by atoms with E-state index in [4.69, 9.17) is 4.74 Å². The number of sulfonamides is 1. The molecule has 32 heavy (non-hydrogen) atoms. The van der Waals surface area contributed by atoms with E-state index < -0.39 is 10.0 Å². The van der Waals surface area contributed by atoms with E-state index in [0.29, 0.717) is 24.4 Å². The highest BCUT2D eigenvalue weighted by molar-refractivity contribution is 7.92. The van der Waals surface area contributed by atoms with Gasteiger partial charge >= 0.3 is 0 Å². The molecule has 0 heterocycles. The predicted molar refractivity (Wildman–Crippen MR) is 128 cm³/mol. The Balaban J connectivity index is 1.62. The van der Waals surface area contributed by atoms with Crippen LogP contribution < -0.4 is 14.4 Å². The number of ether oxygens (including phenoxy) is 1. The van der Waals surface area contributed by atoms with Gasteiger partial charge in [0.05, 0.1) is 25.0 Å². The standard InChI is InChI=1S/C25H28N2O4S/c1-19-8-4-6-10-22(19)18-27(32(3,29)30)23-14-12-21(13-15-23)25(28)26-16-17-31-24-11-7-5-9-20(24)2/h4-15H,16-18H2,1-3H3,(H,26,28). The molecule has 1 amide bonds. The summed E-state index contributed by atoms with van der Waals surface area (Å²) in [6.07, 6.45) is 1.18. The summed E-state index contributed by atoms with van der Waals surface area (Å²) in [5, 5.41) is 2.82. The van der Waals surface area contributed by atoms with E-state index in [0.717, 1.165) is 22.4 Å². The van der Waals surface area contributed by atoms with Crippen molar-refractivity contribution < 1.29 is 17.9 Å². The Hall–Kier alpha value is -3.32. The molecule has 0 spiro atoms. The molecule has 0 radical (unpaired) electrons. The van der Waals surface area contributed by atoms with Crippen LogP contribution in [0.2, 0.25) is 0 Å². The van der Waals surface area contributed by atoms with Crippen LogP contribution in [0.5, 0.6) is 5.75 Å². The fraction of sp³-hybridized carbons (Fsp3) is 0.240. The van der Waals surface area contributed by atoms with Gasteiger partial charge in [-0.05, 0) is 60.9 Å². The molecule has 0 saturated heterocycles. The lowest BCUT2D eigenvalue weighted by Gasteiger charge is -2.23. The van der Waals surface area contributed by atoms with Gasteiger partial charge in [-0.3, -0.25) is 9.10 Å². The highest BCUT2D eigenvalue weighted by atomic mass is 32.2. The van der Waals surface area contributed by atoms with E-state index in [1.165, 1.54) is 10.6 Å². The molecule has 0 unspecified atom stereocenters. The minimum atomic E-state index is -3.50. The van der Waals surface area contributed by atoms with Crippen LogP contribution in [-0.4, -0.2) is 33.7 Å². The Morgan fingerprint density at radius 3 is 2.16 bits per heavy atom. The zero-order valence-electron chi connectivity index (χ0n) is 18.5. The second-order valence-corrected chi connectivity index (χ2v) is 9.52. The van der Waals surface area contributed by atoms with Gasteiger partial charge < -0.3 is 10.1 Å². The molecule has 3 aromatic rings. The fourth-order valence-corrected chi connectivity index (χ4v) is 4.15. The van der Waals surface area contributed by atoms with Crippen molar-refractivity contribution in [3.05, 3.63) is 95.1 Å². The monoisotopic (exact) mass is 452 g/mol. The Morgan fingerprint density at radius 1 is 0.906 bits per heavy atom. The number of hydrogen-bond acceptors (Lipinski definition) is 4. The number of benzene rings is 3. The lowest BCUT2D eigenvalue weighted by Crippen LogP contribution is -2.30. The van der Waals surface area contributed by atoms with Gasteiger partial charge in [0.1, 0.15) is 12.4 Å². The normalized spacial score (nSPS) is 11.1. The number of carbonyl (C=O) groups excluding carboxylic acids is 1. The smallest absolute Gasteiger partial charge is 0.251 e. The Bertz CT molecular complexity index is 1170. The summed E-state index contributed by atoms with van der Waals surface area (Å²) >= 11 is 0. The van der Waals surface area contributed by atoms with Crippen molar-refractivity contribution >= 4 is 21.6 Å². The minimum absolute atomic E-state index is 0.229. The van der Waals surface area contributed by atoms with Crippen molar-refractivity contribution in [3.63, 3.8) is 0 Å². The number of para-hydroxylation sites is 1. The molecular weight excluding hydrogens is 424 g/mol. The number of nitrogens with zero attached hydrogens (tertiary/aromatic N) is 1. The molecule has 0 bridgehead atoms. The van der Waals surface area contributed by atoms with E-state index in [1.54, 1.807) is 24.3 Å². The van der Waals surface area contributed by atoms with Crippen LogP contribution >= 0.6 is 0 Å². The van der Waals surface area contributed by atoms with Crippen LogP contribution in [0.15, 0.2) is 72.8 Å². The first kappa shape index (κ1) is 23.3. The Kier molecular flexibility index (Phi) is 7.53. The maximum atomic E-state index is 12.4. The van der Waals surface area contributed by atoms with E-state index in [1.807, 2.05) is 62.4 Å². The third-order valence-electron chi connectivity index (χ3n) is 5.13. The number of carbonyl (C=O) groups is 1. The lowest BCUT2D eigenvalue weighted by atomic mass is 10.1. The summed E-state index contributed by atoms with van der Waals surface area (Å²) in [5.74, 6) is 0.551. The molecular formula is C25H28N2O4S. The molecule has 3 rings (SSSR count). The lowest BCUT2D eigenvalue weighted by molar-refractivity contribution is 0.0947. The van der Waals surface area contributed by atoms with Gasteiger partial charge in [-0.25, -0.2) is 8.42 Å². The Labute approximate surface area is 189 Å². The van der Waals surface area contributed by atoms with Crippen molar-refractivity contribution in [1.82, 2.24) is 5.32 Å². The molecule has 0 saturated carbocycles. The highest BCUT2D eigenvalue weighted by Crippen LogP contribution is 2.22. The topological polar surface area (TPSA) is 75.7 Å². The summed E-state index contributed by atoms with van der Waals surface area (Å²) in [6.45, 7) is 4.86. The Morgan fingerprint density at radius 2 is 1.53 bits per heavy atom. The van der Waals surface area contributed by atoms with Crippen molar-refractivity contribution in [2.24, 2.45) is 0 Å². The van der Waals surface area contributed by atoms with Crippen molar-refractivity contribution in [2.45, 2.75) is 20.4 Å². The second-order valence-electron chi connectivity index (χ2n) is 7.61. The van der Waals surface area contributed by atoms with E-state index >= 15 is 0 Å². The first-order valence-corrected chi connectivity index (χ1v) is 12.2. The maximum absolute atomic E-state index is 12.4. The third-order valence-corrected chi connectivity index (χ3v) is 6.27. The van der Waals surface area contributed by atoms with Gasteiger partial charge in [0.25, 0.3) is 5.91 Å². The molecule has 0 aliphatic rings. The van der Waals surface area contributed by atoms with Gasteiger partial charge in [-0.1, -0.05) is 42.5 Å². The highest BCUT2D eigenvalue weighted by Gasteiger charge is 2.19. The van der Waals surface area contributed by atoms with E-state index in [9.17, 15) is 13.2 Å². The van der Waals surface area contributed by atoms with Gasteiger partial charge in [0, 0.05) is 5.56 Å². The molecule has 168 valence electrons. The zero-order valence-corrected chi connectivity index (χ0v) is 19.4. The van der Waals surface area contributed by atoms with Gasteiger partial charge in [0.2, 0.25) is 10.0 Å². The molecule has 0 fully saturated rings. The molecule has 0 atom stereocenters. The average molecular weight is 453 g/mol. The van der Waals surface area contributed by atoms with Crippen LogP contribution in [0.1, 0.15) is 27.0 Å². The number of amides is 1. The molecule has 1 N–H and O–H groups in total. The maximum Gasteiger partial charge on any atom is 0.251 e. The number of anilines is 1. The molecule has 0 aliphatic heterocycles. The van der Waals surface area contributed by atoms with Crippen LogP contribution in [0.4, 0.5) is 5.69 Å². The number of rotatable bonds is 9. The van der Waals surface area contributed by atoms with Crippen LogP contribution in [0.25, 0.3) is 0 Å². The molecule has 0 aromatic heterocycles. The molecule has 3 aromatic carbocycles. The first-order chi connectivity index (χ1) is 15.3. The van der Waals surface area contributed by atoms with Gasteiger partial charge in [0.15, 0.2) is 0 Å². The molecule has 0 aliphatic carbocycles. The van der Waals surface area contributed by atoms with E-state index in [2.05, 4.69) is 5.32 Å². The second kappa shape index (κ2) is 10.3. The summed E-state index contributed by atoms with van der Waals surface area (Å²) in [6, 6.07) is 21.9. The summed E-state index contributed by atoms with van der Waals surface area (Å²) < 4.78 is 31.9. The summed E-state index contributed by atoms with van der Waals surface area (Å²) in [4.78, 5) is 12.4. The predicted octanol–water partition coefficient (Wildman–Crippen LogP) is 4.08. The third kappa shape index (κ3) is 6.11. The average Bonchev–Trinajstić information content (AvgIpc) is 2.76. The van der Waals surface area contributed by atoms with Crippen molar-refractivity contribution in [3.8, 4) is 5.75 Å². The fourth-order valence-electron chi connectivity index (χ4n) is 3.27. The van der Waals surface area contributed by atoms with Crippen LogP contribution in [-0.2, 0) is 16.6 Å². The minimum Gasteiger partial charge on any atom is -0.491 e.